The summed E-state index contributed by atoms with van der Waals surface area (Å²) >= 11 is 0. The number of nitrogens with zero attached hydrogens (tertiary/aromatic N) is 1. The summed E-state index contributed by atoms with van der Waals surface area (Å²) in [6, 6.07) is 6.19. The number of amides is 1. The number of sulfonamides is 1. The Bertz CT molecular complexity index is 663. The molecule has 1 fully saturated rings. The van der Waals surface area contributed by atoms with E-state index in [1.165, 1.54) is 12.1 Å². The Labute approximate surface area is 150 Å². The van der Waals surface area contributed by atoms with Crippen LogP contribution in [0.3, 0.4) is 0 Å². The van der Waals surface area contributed by atoms with Crippen LogP contribution in [0.25, 0.3) is 0 Å². The van der Waals surface area contributed by atoms with Gasteiger partial charge < -0.3 is 11.1 Å². The van der Waals surface area contributed by atoms with E-state index in [2.05, 4.69) is 19.2 Å². The van der Waals surface area contributed by atoms with Crippen molar-refractivity contribution in [2.24, 2.45) is 17.6 Å². The summed E-state index contributed by atoms with van der Waals surface area (Å²) in [7, 11) is -3.51. The lowest BCUT2D eigenvalue weighted by atomic mass is 9.94. The molecule has 1 aromatic carbocycles. The lowest BCUT2D eigenvalue weighted by Crippen LogP contribution is -2.42. The summed E-state index contributed by atoms with van der Waals surface area (Å²) in [5.74, 6) is 0.523. The zero-order chi connectivity index (χ0) is 18.4. The van der Waals surface area contributed by atoms with Crippen molar-refractivity contribution in [3.05, 3.63) is 29.8 Å². The van der Waals surface area contributed by atoms with Crippen LogP contribution < -0.4 is 11.1 Å². The number of rotatable bonds is 7. The van der Waals surface area contributed by atoms with Crippen molar-refractivity contribution in [3.63, 3.8) is 0 Å². The molecule has 2 atom stereocenters. The van der Waals surface area contributed by atoms with Gasteiger partial charge >= 0.3 is 0 Å². The largest absolute Gasteiger partial charge is 0.352 e. The summed E-state index contributed by atoms with van der Waals surface area (Å²) in [4.78, 5) is 12.3. The van der Waals surface area contributed by atoms with Crippen LogP contribution in [0.5, 0.6) is 0 Å². The first kappa shape index (κ1) is 19.9. The van der Waals surface area contributed by atoms with Crippen LogP contribution in [-0.4, -0.2) is 44.8 Å². The molecule has 0 spiro atoms. The van der Waals surface area contributed by atoms with E-state index in [1.807, 2.05) is 0 Å². The summed E-state index contributed by atoms with van der Waals surface area (Å²) in [5.41, 5.74) is 5.88. The molecule has 0 saturated carbocycles. The van der Waals surface area contributed by atoms with Crippen molar-refractivity contribution in [2.45, 2.75) is 38.0 Å². The zero-order valence-corrected chi connectivity index (χ0v) is 15.9. The summed E-state index contributed by atoms with van der Waals surface area (Å²) in [5, 5.41) is 2.81. The average molecular weight is 368 g/mol. The molecule has 1 aliphatic heterocycles. The van der Waals surface area contributed by atoms with Crippen molar-refractivity contribution in [1.29, 1.82) is 0 Å². The molecule has 1 amide bonds. The third-order valence-corrected chi connectivity index (χ3v) is 6.35. The van der Waals surface area contributed by atoms with Crippen LogP contribution in [0.1, 0.15) is 43.5 Å². The maximum Gasteiger partial charge on any atom is 0.251 e. The molecular formula is C18H29N3O3S. The Morgan fingerprint density at radius 3 is 2.32 bits per heavy atom. The Balaban J connectivity index is 2.04. The van der Waals surface area contributed by atoms with E-state index in [0.29, 0.717) is 43.6 Å². The Morgan fingerprint density at radius 2 is 1.76 bits per heavy atom. The molecule has 2 unspecified atom stereocenters. The zero-order valence-electron chi connectivity index (χ0n) is 15.1. The maximum absolute atomic E-state index is 12.8. The van der Waals surface area contributed by atoms with Gasteiger partial charge in [-0.05, 0) is 61.9 Å². The molecule has 0 radical (unpaired) electrons. The number of nitrogens with two attached hydrogens (primary N) is 1. The van der Waals surface area contributed by atoms with Crippen LogP contribution in [0, 0.1) is 11.8 Å². The minimum atomic E-state index is -3.51. The Hall–Kier alpha value is -1.44. The average Bonchev–Trinajstić information content (AvgIpc) is 2.58. The molecule has 2 rings (SSSR count). The molecule has 140 valence electrons. The van der Waals surface area contributed by atoms with Crippen molar-refractivity contribution in [3.8, 4) is 0 Å². The summed E-state index contributed by atoms with van der Waals surface area (Å²) in [6.45, 7) is 6.44. The van der Waals surface area contributed by atoms with Gasteiger partial charge in [-0.15, -0.1) is 0 Å². The number of nitrogens with one attached hydrogen (secondary N) is 1. The van der Waals surface area contributed by atoms with Crippen LogP contribution in [0.15, 0.2) is 29.2 Å². The van der Waals surface area contributed by atoms with Gasteiger partial charge in [0.2, 0.25) is 10.0 Å². The van der Waals surface area contributed by atoms with Gasteiger partial charge in [-0.1, -0.05) is 13.8 Å². The molecule has 1 heterocycles. The van der Waals surface area contributed by atoms with E-state index in [0.717, 1.165) is 19.3 Å². The SMILES string of the molecule is CC1CC(C)CN(S(=O)(=O)c2ccc(C(=O)NCCCCN)cc2)C1. The normalized spacial score (nSPS) is 21.9. The molecule has 1 aromatic rings. The van der Waals surface area contributed by atoms with Crippen molar-refractivity contribution in [2.75, 3.05) is 26.2 Å². The predicted molar refractivity (Wildman–Crippen MR) is 98.8 cm³/mol. The van der Waals surface area contributed by atoms with Gasteiger partial charge in [-0.25, -0.2) is 8.42 Å². The van der Waals surface area contributed by atoms with E-state index >= 15 is 0 Å². The monoisotopic (exact) mass is 367 g/mol. The molecule has 0 aliphatic carbocycles. The lowest BCUT2D eigenvalue weighted by Gasteiger charge is -2.34. The van der Waals surface area contributed by atoms with Gasteiger partial charge in [0.15, 0.2) is 0 Å². The Morgan fingerprint density at radius 1 is 1.16 bits per heavy atom. The first-order valence-electron chi connectivity index (χ1n) is 8.93. The highest BCUT2D eigenvalue weighted by atomic mass is 32.2. The fourth-order valence-electron chi connectivity index (χ4n) is 3.30. The molecule has 3 N–H and O–H groups in total. The quantitative estimate of drug-likeness (QED) is 0.719. The van der Waals surface area contributed by atoms with Gasteiger partial charge in [0, 0.05) is 25.2 Å². The highest BCUT2D eigenvalue weighted by Gasteiger charge is 2.31. The minimum Gasteiger partial charge on any atom is -0.352 e. The molecular weight excluding hydrogens is 338 g/mol. The van der Waals surface area contributed by atoms with Crippen LogP contribution in [-0.2, 0) is 10.0 Å². The van der Waals surface area contributed by atoms with Gasteiger partial charge in [-0.3, -0.25) is 4.79 Å². The number of benzene rings is 1. The van der Waals surface area contributed by atoms with Gasteiger partial charge in [-0.2, -0.15) is 4.31 Å². The predicted octanol–water partition coefficient (Wildman–Crippen LogP) is 1.82. The fraction of sp³-hybridized carbons (Fsp3) is 0.611. The molecule has 25 heavy (non-hydrogen) atoms. The second-order valence-corrected chi connectivity index (χ2v) is 8.98. The van der Waals surface area contributed by atoms with Gasteiger partial charge in [0.1, 0.15) is 0 Å². The number of carbonyl (C=O) groups is 1. The third-order valence-electron chi connectivity index (χ3n) is 4.51. The molecule has 0 bridgehead atoms. The lowest BCUT2D eigenvalue weighted by molar-refractivity contribution is 0.0953. The first-order chi connectivity index (χ1) is 11.8. The summed E-state index contributed by atoms with van der Waals surface area (Å²) in [6.07, 6.45) is 2.75. The van der Waals surface area contributed by atoms with Gasteiger partial charge in [0.25, 0.3) is 5.91 Å². The minimum absolute atomic E-state index is 0.193. The Kier molecular flexibility index (Phi) is 6.98. The number of unbranched alkanes of at least 4 members (excludes halogenated alkanes) is 1. The van der Waals surface area contributed by atoms with E-state index in [-0.39, 0.29) is 10.8 Å². The van der Waals surface area contributed by atoms with E-state index < -0.39 is 10.0 Å². The number of carbonyl (C=O) groups excluding carboxylic acids is 1. The third kappa shape index (κ3) is 5.26. The second-order valence-electron chi connectivity index (χ2n) is 7.04. The van der Waals surface area contributed by atoms with Gasteiger partial charge in [0.05, 0.1) is 4.90 Å². The molecule has 1 saturated heterocycles. The maximum atomic E-state index is 12.8. The topological polar surface area (TPSA) is 92.5 Å². The molecule has 6 nitrogen and oxygen atoms in total. The van der Waals surface area contributed by atoms with Crippen molar-refractivity contribution < 1.29 is 13.2 Å². The number of piperidine rings is 1. The standard InChI is InChI=1S/C18H29N3O3S/c1-14-11-15(2)13-21(12-14)25(23,24)17-7-5-16(6-8-17)18(22)20-10-4-3-9-19/h5-8,14-15H,3-4,9-13,19H2,1-2H3,(H,20,22). The first-order valence-corrected chi connectivity index (χ1v) is 10.4. The van der Waals surface area contributed by atoms with Crippen LogP contribution in [0.4, 0.5) is 0 Å². The molecule has 7 heteroatoms. The number of hydrogen-bond acceptors (Lipinski definition) is 4. The highest BCUT2D eigenvalue weighted by molar-refractivity contribution is 7.89. The van der Waals surface area contributed by atoms with E-state index in [9.17, 15) is 13.2 Å². The number of hydrogen-bond donors (Lipinski definition) is 2. The van der Waals surface area contributed by atoms with Crippen LogP contribution in [0.2, 0.25) is 0 Å². The second kappa shape index (κ2) is 8.78. The van der Waals surface area contributed by atoms with E-state index in [4.69, 9.17) is 5.73 Å². The summed E-state index contributed by atoms with van der Waals surface area (Å²) < 4.78 is 27.2. The molecule has 1 aliphatic rings. The van der Waals surface area contributed by atoms with Crippen molar-refractivity contribution >= 4 is 15.9 Å². The van der Waals surface area contributed by atoms with E-state index in [1.54, 1.807) is 16.4 Å². The molecule has 0 aromatic heterocycles. The fourth-order valence-corrected chi connectivity index (χ4v) is 4.98. The van der Waals surface area contributed by atoms with Crippen LogP contribution >= 0.6 is 0 Å². The van der Waals surface area contributed by atoms with Crippen molar-refractivity contribution in [1.82, 2.24) is 9.62 Å². The highest BCUT2D eigenvalue weighted by Crippen LogP contribution is 2.26. The smallest absolute Gasteiger partial charge is 0.251 e.